The highest BCUT2D eigenvalue weighted by molar-refractivity contribution is 6.37. The smallest absolute Gasteiger partial charge is 0.160 e. The number of halogens is 2. The lowest BCUT2D eigenvalue weighted by molar-refractivity contribution is 0.476. The van der Waals surface area contributed by atoms with Crippen LogP contribution in [0.4, 0.5) is 0 Å². The van der Waals surface area contributed by atoms with Crippen molar-refractivity contribution in [1.82, 2.24) is 0 Å². The summed E-state index contributed by atoms with van der Waals surface area (Å²) >= 11 is 12.1. The molecule has 0 atom stereocenters. The molecule has 3 aromatic carbocycles. The Morgan fingerprint density at radius 2 is 1.30 bits per heavy atom. The molecule has 0 saturated carbocycles. The highest BCUT2D eigenvalue weighted by Gasteiger charge is 2.19. The van der Waals surface area contributed by atoms with E-state index >= 15 is 0 Å². The van der Waals surface area contributed by atoms with Crippen molar-refractivity contribution in [2.45, 2.75) is 0 Å². The van der Waals surface area contributed by atoms with Crippen molar-refractivity contribution in [3.63, 3.8) is 0 Å². The first-order chi connectivity index (χ1) is 13.1. The fourth-order valence-electron chi connectivity index (χ4n) is 2.81. The van der Waals surface area contributed by atoms with Crippen LogP contribution in [0.1, 0.15) is 16.7 Å². The van der Waals surface area contributed by atoms with E-state index in [4.69, 9.17) is 33.2 Å². The first kappa shape index (κ1) is 17.5. The van der Waals surface area contributed by atoms with Crippen molar-refractivity contribution >= 4 is 40.8 Å². The third-order valence-electron chi connectivity index (χ3n) is 4.11. The summed E-state index contributed by atoms with van der Waals surface area (Å²) in [6, 6.07) is 23.0. The monoisotopic (exact) mass is 392 g/mol. The van der Waals surface area contributed by atoms with Gasteiger partial charge in [-0.05, 0) is 23.8 Å². The maximum atomic E-state index is 9.78. The number of nitrogens with zero attached hydrogens (tertiary/aromatic N) is 2. The van der Waals surface area contributed by atoms with Crippen LogP contribution >= 0.6 is 23.2 Å². The second-order valence-electron chi connectivity index (χ2n) is 5.99. The van der Waals surface area contributed by atoms with E-state index in [9.17, 15) is 5.11 Å². The minimum Gasteiger partial charge on any atom is -0.505 e. The van der Waals surface area contributed by atoms with Crippen LogP contribution in [-0.2, 0) is 0 Å². The Morgan fingerprint density at radius 3 is 1.89 bits per heavy atom. The summed E-state index contributed by atoms with van der Waals surface area (Å²) in [7, 11) is 0. The number of aromatic hydroxyl groups is 1. The fourth-order valence-corrected chi connectivity index (χ4v) is 3.31. The molecule has 132 valence electrons. The molecule has 0 unspecified atom stereocenters. The third kappa shape index (κ3) is 3.65. The number of amidine groups is 1. The summed E-state index contributed by atoms with van der Waals surface area (Å²) in [4.78, 5) is 9.47. The van der Waals surface area contributed by atoms with Crippen LogP contribution in [0.2, 0.25) is 10.0 Å². The normalized spacial score (nSPS) is 15.0. The molecule has 27 heavy (non-hydrogen) atoms. The van der Waals surface area contributed by atoms with Gasteiger partial charge in [0.25, 0.3) is 0 Å². The van der Waals surface area contributed by atoms with Crippen LogP contribution in [-0.4, -0.2) is 16.7 Å². The predicted molar refractivity (Wildman–Crippen MR) is 112 cm³/mol. The van der Waals surface area contributed by atoms with Gasteiger partial charge in [0.15, 0.2) is 11.6 Å². The first-order valence-corrected chi connectivity index (χ1v) is 9.06. The second-order valence-corrected chi connectivity index (χ2v) is 6.81. The molecular weight excluding hydrogens is 379 g/mol. The Labute approximate surface area is 167 Å². The van der Waals surface area contributed by atoms with Crippen LogP contribution in [0.5, 0.6) is 5.75 Å². The quantitative estimate of drug-likeness (QED) is 0.584. The number of hydrogen-bond acceptors (Lipinski definition) is 3. The standard InChI is InChI=1S/C22H14Cl2N2O/c23-17-11-14(12-18(24)21(17)27)13-19-20(15-7-3-1-4-8-15)26-22(25-19)16-9-5-2-6-10-16/h1-13,27H/b19-13-. The Morgan fingerprint density at radius 1 is 0.741 bits per heavy atom. The summed E-state index contributed by atoms with van der Waals surface area (Å²) in [5, 5.41) is 10.2. The zero-order chi connectivity index (χ0) is 18.8. The molecule has 0 aromatic heterocycles. The average molecular weight is 393 g/mol. The van der Waals surface area contributed by atoms with E-state index in [0.29, 0.717) is 11.5 Å². The van der Waals surface area contributed by atoms with E-state index in [-0.39, 0.29) is 15.8 Å². The zero-order valence-corrected chi connectivity index (χ0v) is 15.6. The largest absolute Gasteiger partial charge is 0.505 e. The zero-order valence-electron chi connectivity index (χ0n) is 14.1. The van der Waals surface area contributed by atoms with Crippen LogP contribution in [0.3, 0.4) is 0 Å². The highest BCUT2D eigenvalue weighted by Crippen LogP contribution is 2.34. The van der Waals surface area contributed by atoms with Crippen LogP contribution in [0.15, 0.2) is 88.5 Å². The summed E-state index contributed by atoms with van der Waals surface area (Å²) < 4.78 is 0. The molecule has 3 nitrogen and oxygen atoms in total. The first-order valence-electron chi connectivity index (χ1n) is 8.30. The van der Waals surface area contributed by atoms with Crippen LogP contribution in [0.25, 0.3) is 6.08 Å². The molecule has 0 spiro atoms. The highest BCUT2D eigenvalue weighted by atomic mass is 35.5. The molecular formula is C22H14Cl2N2O. The van der Waals surface area contributed by atoms with Gasteiger partial charge in [-0.2, -0.15) is 0 Å². The predicted octanol–water partition coefficient (Wildman–Crippen LogP) is 5.99. The molecule has 1 heterocycles. The lowest BCUT2D eigenvalue weighted by atomic mass is 10.1. The lowest BCUT2D eigenvalue weighted by Gasteiger charge is -2.04. The topological polar surface area (TPSA) is 45.0 Å². The summed E-state index contributed by atoms with van der Waals surface area (Å²) in [5.41, 5.74) is 4.12. The van der Waals surface area contributed by atoms with Gasteiger partial charge in [-0.15, -0.1) is 0 Å². The summed E-state index contributed by atoms with van der Waals surface area (Å²) in [6.45, 7) is 0. The van der Waals surface area contributed by atoms with Gasteiger partial charge in [0.2, 0.25) is 0 Å². The van der Waals surface area contributed by atoms with Crippen molar-refractivity contribution in [3.05, 3.63) is 105 Å². The van der Waals surface area contributed by atoms with E-state index in [0.717, 1.165) is 22.4 Å². The van der Waals surface area contributed by atoms with Crippen molar-refractivity contribution in [2.24, 2.45) is 9.98 Å². The fraction of sp³-hybridized carbons (Fsp3) is 0. The maximum absolute atomic E-state index is 9.78. The van der Waals surface area contributed by atoms with Crippen LogP contribution in [0, 0.1) is 0 Å². The van der Waals surface area contributed by atoms with Crippen LogP contribution < -0.4 is 0 Å². The van der Waals surface area contributed by atoms with Gasteiger partial charge in [0.1, 0.15) is 0 Å². The van der Waals surface area contributed by atoms with Gasteiger partial charge in [-0.25, -0.2) is 9.98 Å². The molecule has 1 aliphatic heterocycles. The SMILES string of the molecule is Oc1c(Cl)cc(/C=C2\N=C(c3ccccc3)N=C2c2ccccc2)cc1Cl. The number of hydrogen-bond donors (Lipinski definition) is 1. The number of allylic oxidation sites excluding steroid dienone is 1. The molecule has 0 saturated heterocycles. The molecule has 0 fully saturated rings. The van der Waals surface area contributed by atoms with E-state index < -0.39 is 0 Å². The van der Waals surface area contributed by atoms with E-state index in [1.807, 2.05) is 66.7 Å². The van der Waals surface area contributed by atoms with Crippen molar-refractivity contribution in [3.8, 4) is 5.75 Å². The van der Waals surface area contributed by atoms with E-state index in [1.165, 1.54) is 0 Å². The summed E-state index contributed by atoms with van der Waals surface area (Å²) in [6.07, 6.45) is 1.86. The van der Waals surface area contributed by atoms with Gasteiger partial charge >= 0.3 is 0 Å². The Kier molecular flexibility index (Phi) is 4.80. The van der Waals surface area contributed by atoms with E-state index in [1.54, 1.807) is 12.1 Å². The van der Waals surface area contributed by atoms with Gasteiger partial charge < -0.3 is 5.11 Å². The third-order valence-corrected chi connectivity index (χ3v) is 4.68. The van der Waals surface area contributed by atoms with Crippen molar-refractivity contribution in [2.75, 3.05) is 0 Å². The molecule has 0 amide bonds. The minimum atomic E-state index is -0.127. The number of phenols is 1. The Hall–Kier alpha value is -2.88. The average Bonchev–Trinajstić information content (AvgIpc) is 3.11. The minimum absolute atomic E-state index is 0.127. The lowest BCUT2D eigenvalue weighted by Crippen LogP contribution is -2.00. The molecule has 0 bridgehead atoms. The number of aliphatic imine (C=N–C) groups is 2. The molecule has 0 radical (unpaired) electrons. The molecule has 1 aliphatic rings. The number of phenolic OH excluding ortho intramolecular Hbond substituents is 1. The molecule has 5 heteroatoms. The number of benzene rings is 3. The van der Waals surface area contributed by atoms with Gasteiger partial charge in [0, 0.05) is 11.1 Å². The molecule has 4 rings (SSSR count). The maximum Gasteiger partial charge on any atom is 0.160 e. The molecule has 1 N–H and O–H groups in total. The van der Waals surface area contributed by atoms with Gasteiger partial charge in [-0.1, -0.05) is 83.9 Å². The van der Waals surface area contributed by atoms with Gasteiger partial charge in [0.05, 0.1) is 21.5 Å². The summed E-state index contributed by atoms with van der Waals surface area (Å²) in [5.74, 6) is 0.522. The van der Waals surface area contributed by atoms with Gasteiger partial charge in [-0.3, -0.25) is 0 Å². The second kappa shape index (κ2) is 7.39. The Bertz CT molecular complexity index is 1060. The Balaban J connectivity index is 1.83. The molecule has 0 aliphatic carbocycles. The number of rotatable bonds is 3. The molecule has 3 aromatic rings. The van der Waals surface area contributed by atoms with Crippen molar-refractivity contribution in [1.29, 1.82) is 0 Å². The van der Waals surface area contributed by atoms with E-state index in [2.05, 4.69) is 0 Å². The van der Waals surface area contributed by atoms with Crippen molar-refractivity contribution < 1.29 is 5.11 Å².